The van der Waals surface area contributed by atoms with Crippen molar-refractivity contribution in [3.8, 4) is 0 Å². The molecule has 0 fully saturated rings. The zero-order valence-corrected chi connectivity index (χ0v) is 10.1. The summed E-state index contributed by atoms with van der Waals surface area (Å²) in [5.41, 5.74) is 0. The van der Waals surface area contributed by atoms with Gasteiger partial charge >= 0.3 is 73.5 Å². The van der Waals surface area contributed by atoms with Crippen molar-refractivity contribution >= 4 is 51.6 Å². The van der Waals surface area contributed by atoms with Crippen LogP contribution in [-0.4, -0.2) is 61.9 Å². The third-order valence-corrected chi connectivity index (χ3v) is 0. The van der Waals surface area contributed by atoms with Crippen LogP contribution in [0.25, 0.3) is 0 Å². The first-order valence-electron chi connectivity index (χ1n) is 0.940. The quantitative estimate of drug-likeness (QED) is 0.575. The molecule has 0 radical (unpaired) electrons. The van der Waals surface area contributed by atoms with Crippen molar-refractivity contribution in [3.05, 3.63) is 0 Å². The molecule has 0 unspecified atom stereocenters. The van der Waals surface area contributed by atoms with Crippen LogP contribution < -0.4 is 0 Å². The van der Waals surface area contributed by atoms with Gasteiger partial charge in [-0.2, -0.15) is 0 Å². The van der Waals surface area contributed by atoms with Crippen LogP contribution in [0.4, 0.5) is 4.79 Å². The first kappa shape index (κ1) is 15.7. The zero-order chi connectivity index (χ0) is 5.58. The topological polar surface area (TPSA) is 74.6 Å². The first-order valence-corrected chi connectivity index (χ1v) is 2.15. The molecule has 0 aliphatic heterocycles. The molecular formula is CH4O4SrZn. The summed E-state index contributed by atoms with van der Waals surface area (Å²) in [5.74, 6) is 0. The second-order valence-electron chi connectivity index (χ2n) is 0.283. The standard InChI is InChI=1S/CH2O3.O.Sr.Zn.2H/c2-1(3)4;;;;;/h(H2,2,3,4);;;;;/q;;+2;;2*-1. The molecule has 0 bridgehead atoms. The molecule has 0 saturated heterocycles. The van der Waals surface area contributed by atoms with Crippen LogP contribution in [0.3, 0.4) is 0 Å². The fraction of sp³-hybridized carbons (Fsp3) is 0. The van der Waals surface area contributed by atoms with Crippen molar-refractivity contribution in [3.63, 3.8) is 0 Å². The van der Waals surface area contributed by atoms with Gasteiger partial charge in [0.25, 0.3) is 0 Å². The van der Waals surface area contributed by atoms with Crippen LogP contribution >= 0.6 is 0 Å². The van der Waals surface area contributed by atoms with E-state index in [4.69, 9.17) is 18.6 Å². The van der Waals surface area contributed by atoms with Gasteiger partial charge in [-0.15, -0.1) is 0 Å². The van der Waals surface area contributed by atoms with Crippen LogP contribution in [-0.2, 0) is 21.8 Å². The fourth-order valence-electron chi connectivity index (χ4n) is 0. The van der Waals surface area contributed by atoms with Gasteiger partial charge in [0.05, 0.1) is 0 Å². The van der Waals surface area contributed by atoms with E-state index in [1.165, 1.54) is 0 Å². The molecule has 0 spiro atoms. The van der Waals surface area contributed by atoms with Gasteiger partial charge in [-0.05, 0) is 0 Å². The molecule has 0 aromatic rings. The molecule has 2 N–H and O–H groups in total. The summed E-state index contributed by atoms with van der Waals surface area (Å²) in [4.78, 5) is 8.56. The molecule has 0 heterocycles. The van der Waals surface area contributed by atoms with E-state index in [0.717, 1.165) is 0 Å². The van der Waals surface area contributed by atoms with E-state index in [9.17, 15) is 0 Å². The minimum Gasteiger partial charge on any atom is 2.00 e. The van der Waals surface area contributed by atoms with Crippen molar-refractivity contribution in [1.82, 2.24) is 0 Å². The molecule has 0 saturated carbocycles. The van der Waals surface area contributed by atoms with Crippen molar-refractivity contribution < 1.29 is 39.7 Å². The van der Waals surface area contributed by atoms with Crippen molar-refractivity contribution in [1.29, 1.82) is 0 Å². The Labute approximate surface area is 90.1 Å². The second kappa shape index (κ2) is 15.7. The van der Waals surface area contributed by atoms with Crippen LogP contribution in [0.2, 0.25) is 0 Å². The third kappa shape index (κ3) is 139. The van der Waals surface area contributed by atoms with E-state index in [2.05, 4.69) is 0 Å². The molecule has 0 aliphatic rings. The molecule has 0 rings (SSSR count). The maximum Gasteiger partial charge on any atom is 2.00 e. The summed E-state index contributed by atoms with van der Waals surface area (Å²) >= 11 is 0.125. The summed E-state index contributed by atoms with van der Waals surface area (Å²) in [6.45, 7) is 0. The molecule has 4 nitrogen and oxygen atoms in total. The predicted octanol–water partition coefficient (Wildman–Crippen LogP) is -0.0547. The third-order valence-electron chi connectivity index (χ3n) is 0. The van der Waals surface area contributed by atoms with Gasteiger partial charge in [0.1, 0.15) is 0 Å². The maximum absolute atomic E-state index is 8.56. The Bertz CT molecular complexity index is 49.8. The Balaban J connectivity index is -0.00000000990. The molecule has 0 amide bonds. The normalized spacial score (nSPS) is 4.29. The Morgan fingerprint density at radius 1 is 1.43 bits per heavy atom. The Hall–Kier alpha value is 1.17. The second-order valence-corrected chi connectivity index (χ2v) is 0.283. The van der Waals surface area contributed by atoms with E-state index >= 15 is 0 Å². The minimum absolute atomic E-state index is 0. The summed E-state index contributed by atoms with van der Waals surface area (Å²) in [6, 6.07) is 0. The van der Waals surface area contributed by atoms with Gasteiger partial charge in [0.15, 0.2) is 0 Å². The molecule has 36 valence electrons. The summed E-state index contributed by atoms with van der Waals surface area (Å²) in [7, 11) is 0. The van der Waals surface area contributed by atoms with Crippen molar-refractivity contribution in [2.45, 2.75) is 0 Å². The number of carboxylic acid groups (broad SMARTS) is 2. The maximum atomic E-state index is 8.56. The molecule has 6 heteroatoms. The fourth-order valence-corrected chi connectivity index (χ4v) is 0. The molecule has 0 aromatic carbocycles. The smallest absolute Gasteiger partial charge is 2.00 e. The first-order chi connectivity index (χ1) is 2.73. The van der Waals surface area contributed by atoms with E-state index < -0.39 is 6.16 Å². The van der Waals surface area contributed by atoms with Gasteiger partial charge in [-0.3, -0.25) is 0 Å². The van der Waals surface area contributed by atoms with Crippen LogP contribution in [0.5, 0.6) is 0 Å². The van der Waals surface area contributed by atoms with Crippen molar-refractivity contribution in [2.75, 3.05) is 0 Å². The zero-order valence-electron chi connectivity index (χ0n) is 5.63. The summed E-state index contributed by atoms with van der Waals surface area (Å²) in [6.07, 6.45) is -1.83. The van der Waals surface area contributed by atoms with Gasteiger partial charge in [0, 0.05) is 0 Å². The van der Waals surface area contributed by atoms with Gasteiger partial charge in [-0.1, -0.05) is 0 Å². The monoisotopic (exact) mass is 232 g/mol. The Kier molecular flexibility index (Phi) is 35.2. The largest absolute Gasteiger partial charge is 2.00 e. The molecule has 0 aliphatic carbocycles. The van der Waals surface area contributed by atoms with Crippen LogP contribution in [0, 0.1) is 0 Å². The number of hydrogen-bond acceptors (Lipinski definition) is 2. The summed E-state index contributed by atoms with van der Waals surface area (Å²) < 4.78 is 8.38. The molecule has 0 atom stereocenters. The van der Waals surface area contributed by atoms with Crippen LogP contribution in [0.15, 0.2) is 0 Å². The van der Waals surface area contributed by atoms with Crippen LogP contribution in [0.1, 0.15) is 2.85 Å². The van der Waals surface area contributed by atoms with E-state index in [0.29, 0.717) is 0 Å². The minimum atomic E-state index is -1.83. The molecule has 7 heavy (non-hydrogen) atoms. The average molecular weight is 233 g/mol. The molecule has 0 aromatic heterocycles. The van der Waals surface area contributed by atoms with Gasteiger partial charge < -0.3 is 13.1 Å². The van der Waals surface area contributed by atoms with E-state index in [1.807, 2.05) is 0 Å². The van der Waals surface area contributed by atoms with Gasteiger partial charge in [-0.25, -0.2) is 4.79 Å². The number of carbonyl (C=O) groups is 1. The van der Waals surface area contributed by atoms with E-state index in [1.54, 1.807) is 0 Å². The van der Waals surface area contributed by atoms with Crippen molar-refractivity contribution in [2.24, 2.45) is 0 Å². The Morgan fingerprint density at radius 2 is 1.43 bits per heavy atom. The summed E-state index contributed by atoms with van der Waals surface area (Å²) in [5, 5.41) is 13.9. The van der Waals surface area contributed by atoms with E-state index in [-0.39, 0.29) is 66.6 Å². The predicted molar refractivity (Wildman–Crippen MR) is 19.3 cm³/mol. The number of rotatable bonds is 0. The number of hydrogen-bond donors (Lipinski definition) is 2. The molecular weight excluding hydrogens is 229 g/mol. The Morgan fingerprint density at radius 3 is 1.43 bits per heavy atom. The average Bonchev–Trinajstić information content (AvgIpc) is 1.41. The SMILES string of the molecule is O=C(O)O.[H-].[H-].[O]=[Zn].[Sr+2]. The van der Waals surface area contributed by atoms with Gasteiger partial charge in [0.2, 0.25) is 0 Å².